The van der Waals surface area contributed by atoms with Crippen LogP contribution in [0.25, 0.3) is 27.8 Å². The second-order valence-corrected chi connectivity index (χ2v) is 9.43. The van der Waals surface area contributed by atoms with E-state index in [4.69, 9.17) is 9.47 Å². The lowest BCUT2D eigenvalue weighted by molar-refractivity contribution is 0.0600. The molecule has 1 aromatic heterocycles. The van der Waals surface area contributed by atoms with Crippen molar-refractivity contribution in [3.8, 4) is 5.75 Å². The number of nitrogens with one attached hydrogen (secondary N) is 1. The Bertz CT molecular complexity index is 1590. The molecule has 0 radical (unpaired) electrons. The number of hydrogen-bond donors (Lipinski definition) is 1. The molecular formula is C31H25BrN2O3. The van der Waals surface area contributed by atoms with Gasteiger partial charge in [-0.1, -0.05) is 66.7 Å². The number of para-hydroxylation sites is 1. The van der Waals surface area contributed by atoms with Gasteiger partial charge in [-0.15, -0.1) is 0 Å². The van der Waals surface area contributed by atoms with Gasteiger partial charge in [-0.2, -0.15) is 0 Å². The van der Waals surface area contributed by atoms with E-state index in [1.165, 1.54) is 7.11 Å². The third-order valence-corrected chi connectivity index (χ3v) is 6.69. The highest BCUT2D eigenvalue weighted by atomic mass is 79.9. The topological polar surface area (TPSA) is 60.5 Å². The summed E-state index contributed by atoms with van der Waals surface area (Å²) in [7, 11) is 1.38. The second-order valence-electron chi connectivity index (χ2n) is 8.57. The van der Waals surface area contributed by atoms with Gasteiger partial charge in [0.15, 0.2) is 0 Å². The summed E-state index contributed by atoms with van der Waals surface area (Å²) in [6.45, 7) is 0.955. The van der Waals surface area contributed by atoms with Crippen LogP contribution in [0.2, 0.25) is 0 Å². The van der Waals surface area contributed by atoms with Gasteiger partial charge in [0.25, 0.3) is 0 Å². The number of anilines is 1. The molecule has 0 aliphatic heterocycles. The summed E-state index contributed by atoms with van der Waals surface area (Å²) in [6.07, 6.45) is 3.91. The fourth-order valence-electron chi connectivity index (χ4n) is 4.14. The summed E-state index contributed by atoms with van der Waals surface area (Å²) in [5.41, 5.74) is 4.36. The zero-order valence-electron chi connectivity index (χ0n) is 20.3. The van der Waals surface area contributed by atoms with Crippen molar-refractivity contribution in [3.63, 3.8) is 0 Å². The van der Waals surface area contributed by atoms with Gasteiger partial charge in [-0.3, -0.25) is 4.98 Å². The molecule has 0 unspecified atom stereocenters. The summed E-state index contributed by atoms with van der Waals surface area (Å²) in [6, 6.07) is 29.7. The standard InChI is InChI=1S/C31H25BrN2O3/c1-36-31(35)24-14-12-21(13-15-24)16-22(20-37-29-11-5-7-23-6-2-3-9-27(23)29)18-33-26-17-25-8-4-10-28(32)30(25)34-19-26/h2-17,19,33H,18,20H2,1H3. The third kappa shape index (κ3) is 5.81. The van der Waals surface area contributed by atoms with Crippen molar-refractivity contribution < 1.29 is 14.3 Å². The number of rotatable bonds is 8. The first-order valence-corrected chi connectivity index (χ1v) is 12.7. The zero-order chi connectivity index (χ0) is 25.6. The fourth-order valence-corrected chi connectivity index (χ4v) is 4.62. The van der Waals surface area contributed by atoms with Crippen molar-refractivity contribution in [2.45, 2.75) is 0 Å². The predicted octanol–water partition coefficient (Wildman–Crippen LogP) is 7.51. The second kappa shape index (κ2) is 11.3. The number of carbonyl (C=O) groups excluding carboxylic acids is 1. The molecule has 0 spiro atoms. The predicted molar refractivity (Wildman–Crippen MR) is 153 cm³/mol. The molecule has 0 saturated carbocycles. The smallest absolute Gasteiger partial charge is 0.337 e. The lowest BCUT2D eigenvalue weighted by atomic mass is 10.1. The van der Waals surface area contributed by atoms with Gasteiger partial charge in [-0.25, -0.2) is 4.79 Å². The van der Waals surface area contributed by atoms with Gasteiger partial charge < -0.3 is 14.8 Å². The highest BCUT2D eigenvalue weighted by Gasteiger charge is 2.08. The third-order valence-electron chi connectivity index (χ3n) is 6.05. The number of benzene rings is 4. The molecule has 0 amide bonds. The number of methoxy groups -OCH3 is 1. The minimum atomic E-state index is -0.354. The van der Waals surface area contributed by atoms with Gasteiger partial charge >= 0.3 is 5.97 Å². The van der Waals surface area contributed by atoms with Crippen molar-refractivity contribution in [3.05, 3.63) is 118 Å². The van der Waals surface area contributed by atoms with Gasteiger partial charge in [0.2, 0.25) is 0 Å². The number of hydrogen-bond acceptors (Lipinski definition) is 5. The van der Waals surface area contributed by atoms with E-state index >= 15 is 0 Å². The van der Waals surface area contributed by atoms with Crippen LogP contribution in [0, 0.1) is 0 Å². The van der Waals surface area contributed by atoms with Crippen LogP contribution in [-0.4, -0.2) is 31.2 Å². The van der Waals surface area contributed by atoms with Crippen LogP contribution >= 0.6 is 15.9 Å². The Kier molecular flexibility index (Phi) is 7.47. The number of nitrogens with zero attached hydrogens (tertiary/aromatic N) is 1. The van der Waals surface area contributed by atoms with Crippen LogP contribution in [0.1, 0.15) is 15.9 Å². The van der Waals surface area contributed by atoms with E-state index in [-0.39, 0.29) is 5.97 Å². The van der Waals surface area contributed by atoms with Crippen LogP contribution in [0.5, 0.6) is 5.75 Å². The van der Waals surface area contributed by atoms with E-state index in [9.17, 15) is 4.79 Å². The van der Waals surface area contributed by atoms with Crippen molar-refractivity contribution in [1.82, 2.24) is 4.98 Å². The Morgan fingerprint density at radius 3 is 2.54 bits per heavy atom. The van der Waals surface area contributed by atoms with Gasteiger partial charge in [0, 0.05) is 21.8 Å². The zero-order valence-corrected chi connectivity index (χ0v) is 21.9. The van der Waals surface area contributed by atoms with E-state index in [0.29, 0.717) is 18.7 Å². The first kappa shape index (κ1) is 24.5. The maximum atomic E-state index is 11.8. The molecule has 5 aromatic rings. The molecule has 0 atom stereocenters. The number of carbonyl (C=O) groups is 1. The first-order valence-electron chi connectivity index (χ1n) is 11.9. The molecule has 5 rings (SSSR count). The highest BCUT2D eigenvalue weighted by Crippen LogP contribution is 2.27. The molecule has 0 bridgehead atoms. The molecule has 0 fully saturated rings. The lowest BCUT2D eigenvalue weighted by Crippen LogP contribution is -2.12. The molecule has 1 heterocycles. The summed E-state index contributed by atoms with van der Waals surface area (Å²) in [4.78, 5) is 16.4. The normalized spacial score (nSPS) is 11.5. The molecule has 1 N–H and O–H groups in total. The summed E-state index contributed by atoms with van der Waals surface area (Å²) < 4.78 is 12.1. The van der Waals surface area contributed by atoms with Crippen LogP contribution < -0.4 is 10.1 Å². The van der Waals surface area contributed by atoms with Crippen molar-refractivity contribution >= 4 is 55.3 Å². The van der Waals surface area contributed by atoms with Crippen LogP contribution in [0.4, 0.5) is 5.69 Å². The lowest BCUT2D eigenvalue weighted by Gasteiger charge is -2.14. The molecule has 4 aromatic carbocycles. The Morgan fingerprint density at radius 1 is 0.946 bits per heavy atom. The molecule has 184 valence electrons. The number of halogens is 1. The van der Waals surface area contributed by atoms with E-state index < -0.39 is 0 Å². The van der Waals surface area contributed by atoms with Crippen molar-refractivity contribution in [2.24, 2.45) is 0 Å². The van der Waals surface area contributed by atoms with Crippen LogP contribution in [-0.2, 0) is 4.74 Å². The van der Waals surface area contributed by atoms with Crippen LogP contribution in [0.15, 0.2) is 107 Å². The number of pyridine rings is 1. The Balaban J connectivity index is 1.39. The molecule has 0 saturated heterocycles. The fraction of sp³-hybridized carbons (Fsp3) is 0.0968. The molecule has 0 aliphatic rings. The number of aromatic nitrogens is 1. The summed E-state index contributed by atoms with van der Waals surface area (Å²) in [5, 5.41) is 6.75. The molecule has 6 heteroatoms. The highest BCUT2D eigenvalue weighted by molar-refractivity contribution is 9.10. The number of esters is 1. The monoisotopic (exact) mass is 552 g/mol. The van der Waals surface area contributed by atoms with E-state index in [1.807, 2.05) is 60.8 Å². The van der Waals surface area contributed by atoms with Gasteiger partial charge in [0.05, 0.1) is 30.1 Å². The molecule has 5 nitrogen and oxygen atoms in total. The van der Waals surface area contributed by atoms with Gasteiger partial charge in [-0.05, 0) is 62.8 Å². The SMILES string of the molecule is COC(=O)c1ccc(C=C(CNc2cnc3c(Br)cccc3c2)COc2cccc3ccccc23)cc1. The minimum Gasteiger partial charge on any atom is -0.489 e. The largest absolute Gasteiger partial charge is 0.489 e. The molecule has 0 aliphatic carbocycles. The molecule has 37 heavy (non-hydrogen) atoms. The average Bonchev–Trinajstić information content (AvgIpc) is 2.94. The number of ether oxygens (including phenoxy) is 2. The quantitative estimate of drug-likeness (QED) is 0.202. The average molecular weight is 553 g/mol. The Hall–Kier alpha value is -4.16. The van der Waals surface area contributed by atoms with Crippen molar-refractivity contribution in [2.75, 3.05) is 25.6 Å². The van der Waals surface area contributed by atoms with Crippen LogP contribution in [0.3, 0.4) is 0 Å². The van der Waals surface area contributed by atoms with Gasteiger partial charge in [0.1, 0.15) is 12.4 Å². The maximum absolute atomic E-state index is 11.8. The Morgan fingerprint density at radius 2 is 1.70 bits per heavy atom. The maximum Gasteiger partial charge on any atom is 0.337 e. The van der Waals surface area contributed by atoms with E-state index in [2.05, 4.69) is 56.6 Å². The summed E-state index contributed by atoms with van der Waals surface area (Å²) >= 11 is 3.56. The van der Waals surface area contributed by atoms with E-state index in [0.717, 1.165) is 48.7 Å². The first-order chi connectivity index (χ1) is 18.1. The number of fused-ring (bicyclic) bond motifs is 2. The minimum absolute atomic E-state index is 0.354. The van der Waals surface area contributed by atoms with E-state index in [1.54, 1.807) is 12.1 Å². The van der Waals surface area contributed by atoms with Crippen molar-refractivity contribution in [1.29, 1.82) is 0 Å². The summed E-state index contributed by atoms with van der Waals surface area (Å²) in [5.74, 6) is 0.481. The Labute approximate surface area is 223 Å². The molecular weight excluding hydrogens is 528 g/mol.